The summed E-state index contributed by atoms with van der Waals surface area (Å²) >= 11 is 0. The second kappa shape index (κ2) is 5.14. The lowest BCUT2D eigenvalue weighted by atomic mass is 10.1. The summed E-state index contributed by atoms with van der Waals surface area (Å²) < 4.78 is 34.7. The highest BCUT2D eigenvalue weighted by Gasteiger charge is 2.37. The second-order valence-corrected chi connectivity index (χ2v) is 6.91. The van der Waals surface area contributed by atoms with Gasteiger partial charge < -0.3 is 9.88 Å². The molecular weight excluding hydrogens is 295 g/mol. The van der Waals surface area contributed by atoms with E-state index in [2.05, 4.69) is 4.98 Å². The third kappa shape index (κ3) is 2.92. The molecule has 1 atom stereocenters. The van der Waals surface area contributed by atoms with Crippen LogP contribution in [0.4, 0.5) is 3.89 Å². The van der Waals surface area contributed by atoms with E-state index in [-0.39, 0.29) is 18.9 Å². The van der Waals surface area contributed by atoms with Crippen LogP contribution < -0.4 is 0 Å². The van der Waals surface area contributed by atoms with Gasteiger partial charge in [0.25, 0.3) is 0 Å². The summed E-state index contributed by atoms with van der Waals surface area (Å²) in [6, 6.07) is 7.91. The van der Waals surface area contributed by atoms with E-state index in [1.807, 2.05) is 30.5 Å². The molecule has 1 aromatic carbocycles. The van der Waals surface area contributed by atoms with E-state index in [0.717, 1.165) is 16.5 Å². The molecule has 2 aromatic rings. The normalized spacial score (nSPS) is 19.6. The number of aromatic amines is 1. The zero-order chi connectivity index (χ0) is 15.0. The molecule has 3 rings (SSSR count). The molecule has 1 amide bonds. The Bertz CT molecular complexity index is 784. The highest BCUT2D eigenvalue weighted by Crippen LogP contribution is 2.21. The number of rotatable bonds is 4. The Kier molecular flexibility index (Phi) is 3.44. The molecule has 1 aromatic heterocycles. The monoisotopic (exact) mass is 310 g/mol. The minimum absolute atomic E-state index is 0.0515. The number of benzene rings is 1. The predicted octanol–water partition coefficient (Wildman–Crippen LogP) is 1.61. The lowest BCUT2D eigenvalue weighted by molar-refractivity contribution is -0.127. The number of hydrogen-bond donors (Lipinski definition) is 1. The van der Waals surface area contributed by atoms with Crippen molar-refractivity contribution in [1.82, 2.24) is 9.88 Å². The van der Waals surface area contributed by atoms with Crippen molar-refractivity contribution in [3.8, 4) is 0 Å². The standard InChI is InChI=1S/C14H15FN2O3S/c15-21(19,20)12-8-14(18)17(9-12)6-4-10-1-2-13-11(7-10)3-5-16-13/h1-3,5,7,12,16H,4,6,8-9H2. The van der Waals surface area contributed by atoms with Crippen LogP contribution in [0.5, 0.6) is 0 Å². The fraction of sp³-hybridized carbons (Fsp3) is 0.357. The molecule has 0 aliphatic carbocycles. The van der Waals surface area contributed by atoms with Crippen LogP contribution in [-0.2, 0) is 21.4 Å². The SMILES string of the molecule is O=C1CC(S(=O)(=O)F)CN1CCc1ccc2[nH]ccc2c1. The molecule has 7 heteroatoms. The maximum atomic E-state index is 12.9. The number of likely N-dealkylation sites (tertiary alicyclic amines) is 1. The van der Waals surface area contributed by atoms with Crippen molar-refractivity contribution >= 4 is 27.0 Å². The molecule has 0 bridgehead atoms. The van der Waals surface area contributed by atoms with Crippen LogP contribution >= 0.6 is 0 Å². The largest absolute Gasteiger partial charge is 0.361 e. The molecular formula is C14H15FN2O3S. The van der Waals surface area contributed by atoms with Crippen LogP contribution in [0, 0.1) is 0 Å². The van der Waals surface area contributed by atoms with E-state index >= 15 is 0 Å². The number of amides is 1. The molecule has 1 aliphatic rings. The first-order chi connectivity index (χ1) is 9.93. The number of hydrogen-bond acceptors (Lipinski definition) is 3. The topological polar surface area (TPSA) is 70.2 Å². The van der Waals surface area contributed by atoms with Gasteiger partial charge in [-0.2, -0.15) is 8.42 Å². The molecule has 1 fully saturated rings. The van der Waals surface area contributed by atoms with Crippen molar-refractivity contribution in [2.75, 3.05) is 13.1 Å². The van der Waals surface area contributed by atoms with Crippen molar-refractivity contribution in [2.45, 2.75) is 18.1 Å². The third-order valence-electron chi connectivity index (χ3n) is 3.87. The summed E-state index contributed by atoms with van der Waals surface area (Å²) in [6.07, 6.45) is 2.22. The lowest BCUT2D eigenvalue weighted by Gasteiger charge is -2.15. The number of aromatic nitrogens is 1. The van der Waals surface area contributed by atoms with E-state index in [4.69, 9.17) is 0 Å². The van der Waals surface area contributed by atoms with Gasteiger partial charge >= 0.3 is 10.2 Å². The molecule has 0 spiro atoms. The first-order valence-corrected chi connectivity index (χ1v) is 8.15. The van der Waals surface area contributed by atoms with Gasteiger partial charge in [-0.1, -0.05) is 6.07 Å². The Morgan fingerprint density at radius 1 is 1.33 bits per heavy atom. The quantitative estimate of drug-likeness (QED) is 0.872. The summed E-state index contributed by atoms with van der Waals surface area (Å²) in [5, 5.41) is -0.124. The van der Waals surface area contributed by atoms with E-state index in [1.54, 1.807) is 0 Å². The average Bonchev–Trinajstić information content (AvgIpc) is 3.01. The number of nitrogens with one attached hydrogen (secondary N) is 1. The highest BCUT2D eigenvalue weighted by molar-refractivity contribution is 7.87. The molecule has 1 aliphatic heterocycles. The zero-order valence-electron chi connectivity index (χ0n) is 11.3. The minimum atomic E-state index is -4.64. The van der Waals surface area contributed by atoms with Crippen LogP contribution in [-0.4, -0.2) is 42.5 Å². The van der Waals surface area contributed by atoms with Crippen molar-refractivity contribution < 1.29 is 17.1 Å². The Morgan fingerprint density at radius 2 is 2.14 bits per heavy atom. The van der Waals surface area contributed by atoms with Gasteiger partial charge in [0.15, 0.2) is 0 Å². The van der Waals surface area contributed by atoms with Gasteiger partial charge in [-0.25, -0.2) is 0 Å². The minimum Gasteiger partial charge on any atom is -0.361 e. The van der Waals surface area contributed by atoms with Gasteiger partial charge in [0, 0.05) is 31.2 Å². The number of H-pyrrole nitrogens is 1. The molecule has 1 saturated heterocycles. The van der Waals surface area contributed by atoms with Crippen molar-refractivity contribution in [2.24, 2.45) is 0 Å². The Labute approximate surface area is 122 Å². The van der Waals surface area contributed by atoms with E-state index in [9.17, 15) is 17.1 Å². The first-order valence-electron chi connectivity index (χ1n) is 6.71. The van der Waals surface area contributed by atoms with Crippen molar-refractivity contribution in [1.29, 1.82) is 0 Å². The molecule has 1 N–H and O–H groups in total. The molecule has 2 heterocycles. The number of halogens is 1. The molecule has 0 saturated carbocycles. The maximum Gasteiger partial charge on any atom is 0.307 e. The van der Waals surface area contributed by atoms with Gasteiger partial charge in [0.05, 0.1) is 0 Å². The maximum absolute atomic E-state index is 12.9. The molecule has 21 heavy (non-hydrogen) atoms. The number of fused-ring (bicyclic) bond motifs is 1. The Balaban J connectivity index is 1.66. The molecule has 0 radical (unpaired) electrons. The predicted molar refractivity (Wildman–Crippen MR) is 77.0 cm³/mol. The van der Waals surface area contributed by atoms with Gasteiger partial charge in [-0.15, -0.1) is 3.89 Å². The summed E-state index contributed by atoms with van der Waals surface area (Å²) in [5.41, 5.74) is 2.10. The number of nitrogens with zero attached hydrogens (tertiary/aromatic N) is 1. The fourth-order valence-electron chi connectivity index (χ4n) is 2.66. The Hall–Kier alpha value is -1.89. The van der Waals surface area contributed by atoms with Crippen LogP contribution in [0.25, 0.3) is 10.9 Å². The van der Waals surface area contributed by atoms with E-state index < -0.39 is 15.5 Å². The van der Waals surface area contributed by atoms with Gasteiger partial charge in [-0.05, 0) is 35.6 Å². The number of carbonyl (C=O) groups is 1. The van der Waals surface area contributed by atoms with Crippen LogP contribution in [0.15, 0.2) is 30.5 Å². The lowest BCUT2D eigenvalue weighted by Crippen LogP contribution is -2.29. The van der Waals surface area contributed by atoms with Crippen molar-refractivity contribution in [3.63, 3.8) is 0 Å². The summed E-state index contributed by atoms with van der Waals surface area (Å²) in [4.78, 5) is 16.2. The molecule has 112 valence electrons. The first kappa shape index (κ1) is 14.1. The highest BCUT2D eigenvalue weighted by atomic mass is 32.3. The summed E-state index contributed by atoms with van der Waals surface area (Å²) in [5.74, 6) is -0.302. The number of carbonyl (C=O) groups excluding carboxylic acids is 1. The fourth-order valence-corrected chi connectivity index (χ4v) is 3.36. The van der Waals surface area contributed by atoms with E-state index in [1.165, 1.54) is 4.90 Å². The summed E-state index contributed by atoms with van der Waals surface area (Å²) in [7, 11) is -4.64. The second-order valence-electron chi connectivity index (χ2n) is 5.29. The van der Waals surface area contributed by atoms with E-state index in [0.29, 0.717) is 13.0 Å². The third-order valence-corrected chi connectivity index (χ3v) is 4.98. The van der Waals surface area contributed by atoms with Crippen molar-refractivity contribution in [3.05, 3.63) is 36.0 Å². The molecule has 1 unspecified atom stereocenters. The Morgan fingerprint density at radius 3 is 2.86 bits per heavy atom. The van der Waals surface area contributed by atoms with Gasteiger partial charge in [-0.3, -0.25) is 4.79 Å². The van der Waals surface area contributed by atoms with Crippen LogP contribution in [0.2, 0.25) is 0 Å². The summed E-state index contributed by atoms with van der Waals surface area (Å²) in [6.45, 7) is 0.352. The average molecular weight is 310 g/mol. The van der Waals surface area contributed by atoms with Gasteiger partial charge in [0.1, 0.15) is 5.25 Å². The van der Waals surface area contributed by atoms with Crippen LogP contribution in [0.3, 0.4) is 0 Å². The van der Waals surface area contributed by atoms with Crippen LogP contribution in [0.1, 0.15) is 12.0 Å². The smallest absolute Gasteiger partial charge is 0.307 e. The van der Waals surface area contributed by atoms with Gasteiger partial charge in [0.2, 0.25) is 5.91 Å². The zero-order valence-corrected chi connectivity index (χ0v) is 12.1. The molecule has 5 nitrogen and oxygen atoms in total.